The van der Waals surface area contributed by atoms with Crippen LogP contribution in [-0.2, 0) is 6.54 Å². The number of hydrogen-bond acceptors (Lipinski definition) is 2. The molecule has 0 spiro atoms. The zero-order chi connectivity index (χ0) is 12.8. The number of rotatable bonds is 5. The molecule has 94 valence electrons. The third-order valence-electron chi connectivity index (χ3n) is 2.59. The van der Waals surface area contributed by atoms with Crippen LogP contribution in [0.3, 0.4) is 0 Å². The number of thiocarbonyl (C=S) groups is 1. The molecular formula is C12H18FN3S. The van der Waals surface area contributed by atoms with Crippen molar-refractivity contribution >= 4 is 17.3 Å². The van der Waals surface area contributed by atoms with Gasteiger partial charge in [-0.1, -0.05) is 25.5 Å². The summed E-state index contributed by atoms with van der Waals surface area (Å²) < 4.78 is 13.6. The Bertz CT molecular complexity index is 395. The number of halogens is 1. The van der Waals surface area contributed by atoms with E-state index in [1.807, 2.05) is 6.07 Å². The van der Waals surface area contributed by atoms with Gasteiger partial charge in [0.2, 0.25) is 0 Å². The van der Waals surface area contributed by atoms with Gasteiger partial charge in [0, 0.05) is 12.1 Å². The first-order valence-corrected chi connectivity index (χ1v) is 6.03. The maximum absolute atomic E-state index is 13.6. The van der Waals surface area contributed by atoms with Crippen molar-refractivity contribution in [2.75, 3.05) is 0 Å². The molecule has 5 heteroatoms. The van der Waals surface area contributed by atoms with Crippen molar-refractivity contribution in [1.29, 1.82) is 0 Å². The van der Waals surface area contributed by atoms with Crippen LogP contribution in [0.25, 0.3) is 0 Å². The van der Waals surface area contributed by atoms with Crippen molar-refractivity contribution < 1.29 is 4.39 Å². The molecule has 0 bridgehead atoms. The Kier molecular flexibility index (Phi) is 5.31. The Morgan fingerprint density at radius 3 is 2.71 bits per heavy atom. The first kappa shape index (κ1) is 13.9. The number of hydrogen-bond donors (Lipinski definition) is 3. The van der Waals surface area contributed by atoms with Gasteiger partial charge in [0.25, 0.3) is 0 Å². The summed E-state index contributed by atoms with van der Waals surface area (Å²) >= 11 is 4.82. The van der Waals surface area contributed by atoms with Crippen molar-refractivity contribution in [1.82, 2.24) is 5.32 Å². The molecule has 0 saturated heterocycles. The van der Waals surface area contributed by atoms with Crippen molar-refractivity contribution in [2.45, 2.75) is 32.4 Å². The number of nitrogens with two attached hydrogens (primary N) is 2. The van der Waals surface area contributed by atoms with E-state index in [1.54, 1.807) is 6.07 Å². The standard InChI is InChI=1S/C12H18FN3S/c1-2-3-11(16-12(15)17)8-4-5-9(7-14)10(13)6-8/h4-6,11H,2-3,7,14H2,1H3,(H3,15,16,17)/t11-/m0/s1. The average Bonchev–Trinajstić information content (AvgIpc) is 2.28. The SMILES string of the molecule is CCC[C@H](NC(N)=S)c1ccc(CN)c(F)c1. The predicted molar refractivity (Wildman–Crippen MR) is 71.9 cm³/mol. The molecule has 17 heavy (non-hydrogen) atoms. The van der Waals surface area contributed by atoms with E-state index in [0.717, 1.165) is 18.4 Å². The van der Waals surface area contributed by atoms with E-state index in [9.17, 15) is 4.39 Å². The van der Waals surface area contributed by atoms with Crippen LogP contribution in [0, 0.1) is 5.82 Å². The van der Waals surface area contributed by atoms with Gasteiger partial charge in [-0.3, -0.25) is 0 Å². The second-order valence-electron chi connectivity index (χ2n) is 3.90. The zero-order valence-corrected chi connectivity index (χ0v) is 10.7. The summed E-state index contributed by atoms with van der Waals surface area (Å²) in [4.78, 5) is 0. The van der Waals surface area contributed by atoms with Gasteiger partial charge < -0.3 is 16.8 Å². The summed E-state index contributed by atoms with van der Waals surface area (Å²) in [6.45, 7) is 2.26. The van der Waals surface area contributed by atoms with Gasteiger partial charge >= 0.3 is 0 Å². The van der Waals surface area contributed by atoms with Crippen LogP contribution >= 0.6 is 12.2 Å². The lowest BCUT2D eigenvalue weighted by Crippen LogP contribution is -2.33. The van der Waals surface area contributed by atoms with Crippen LogP contribution in [0.5, 0.6) is 0 Å². The molecule has 3 nitrogen and oxygen atoms in total. The summed E-state index contributed by atoms with van der Waals surface area (Å²) in [7, 11) is 0. The molecule has 0 aromatic heterocycles. The lowest BCUT2D eigenvalue weighted by Gasteiger charge is -2.19. The van der Waals surface area contributed by atoms with Gasteiger partial charge in [-0.25, -0.2) is 4.39 Å². The molecule has 0 aliphatic carbocycles. The van der Waals surface area contributed by atoms with Crippen LogP contribution in [-0.4, -0.2) is 5.11 Å². The molecule has 1 aromatic rings. The Morgan fingerprint density at radius 2 is 2.24 bits per heavy atom. The molecule has 0 heterocycles. The average molecular weight is 255 g/mol. The summed E-state index contributed by atoms with van der Waals surface area (Å²) in [6.07, 6.45) is 1.80. The summed E-state index contributed by atoms with van der Waals surface area (Å²) in [6, 6.07) is 5.01. The quantitative estimate of drug-likeness (QED) is 0.704. The van der Waals surface area contributed by atoms with Crippen molar-refractivity contribution in [3.05, 3.63) is 35.1 Å². The highest BCUT2D eigenvalue weighted by Gasteiger charge is 2.12. The lowest BCUT2D eigenvalue weighted by atomic mass is 10.0. The van der Waals surface area contributed by atoms with E-state index >= 15 is 0 Å². The first-order chi connectivity index (χ1) is 8.08. The fraction of sp³-hybridized carbons (Fsp3) is 0.417. The minimum atomic E-state index is -0.282. The highest BCUT2D eigenvalue weighted by molar-refractivity contribution is 7.80. The summed E-state index contributed by atoms with van der Waals surface area (Å²) in [5.41, 5.74) is 12.2. The lowest BCUT2D eigenvalue weighted by molar-refractivity contribution is 0.566. The molecule has 0 fully saturated rings. The van der Waals surface area contributed by atoms with E-state index in [1.165, 1.54) is 6.07 Å². The third kappa shape index (κ3) is 3.94. The number of nitrogens with one attached hydrogen (secondary N) is 1. The van der Waals surface area contributed by atoms with Crippen LogP contribution in [0.2, 0.25) is 0 Å². The highest BCUT2D eigenvalue weighted by Crippen LogP contribution is 2.20. The van der Waals surface area contributed by atoms with Crippen molar-refractivity contribution in [3.8, 4) is 0 Å². The summed E-state index contributed by atoms with van der Waals surface area (Å²) in [5, 5.41) is 3.20. The molecule has 0 radical (unpaired) electrons. The minimum Gasteiger partial charge on any atom is -0.376 e. The van der Waals surface area contributed by atoms with E-state index in [4.69, 9.17) is 23.7 Å². The van der Waals surface area contributed by atoms with Crippen LogP contribution in [0.1, 0.15) is 36.9 Å². The second kappa shape index (κ2) is 6.51. The fourth-order valence-electron chi connectivity index (χ4n) is 1.73. The third-order valence-corrected chi connectivity index (χ3v) is 2.71. The minimum absolute atomic E-state index is 0.0428. The molecule has 0 amide bonds. The topological polar surface area (TPSA) is 64.1 Å². The number of benzene rings is 1. The molecule has 1 atom stereocenters. The van der Waals surface area contributed by atoms with Gasteiger partial charge in [0.1, 0.15) is 5.82 Å². The second-order valence-corrected chi connectivity index (χ2v) is 4.34. The Labute approximate surface area is 106 Å². The zero-order valence-electron chi connectivity index (χ0n) is 9.87. The van der Waals surface area contributed by atoms with Crippen LogP contribution in [0.15, 0.2) is 18.2 Å². The van der Waals surface area contributed by atoms with Gasteiger partial charge in [-0.05, 0) is 30.3 Å². The fourth-order valence-corrected chi connectivity index (χ4v) is 1.87. The molecule has 1 aromatic carbocycles. The Balaban J connectivity index is 2.93. The van der Waals surface area contributed by atoms with E-state index in [-0.39, 0.29) is 23.5 Å². The molecule has 0 unspecified atom stereocenters. The molecular weight excluding hydrogens is 237 g/mol. The Morgan fingerprint density at radius 1 is 1.53 bits per heavy atom. The molecule has 1 rings (SSSR count). The maximum atomic E-state index is 13.6. The van der Waals surface area contributed by atoms with E-state index in [0.29, 0.717) is 5.56 Å². The predicted octanol–water partition coefficient (Wildman–Crippen LogP) is 1.96. The molecule has 0 saturated carbocycles. The maximum Gasteiger partial charge on any atom is 0.164 e. The van der Waals surface area contributed by atoms with Gasteiger partial charge in [-0.2, -0.15) is 0 Å². The van der Waals surface area contributed by atoms with E-state index < -0.39 is 0 Å². The smallest absolute Gasteiger partial charge is 0.164 e. The van der Waals surface area contributed by atoms with Crippen LogP contribution in [0.4, 0.5) is 4.39 Å². The van der Waals surface area contributed by atoms with Crippen LogP contribution < -0.4 is 16.8 Å². The first-order valence-electron chi connectivity index (χ1n) is 5.62. The van der Waals surface area contributed by atoms with Gasteiger partial charge in [0.15, 0.2) is 5.11 Å². The Hall–Kier alpha value is -1.20. The highest BCUT2D eigenvalue weighted by atomic mass is 32.1. The van der Waals surface area contributed by atoms with E-state index in [2.05, 4.69) is 12.2 Å². The molecule has 5 N–H and O–H groups in total. The summed E-state index contributed by atoms with van der Waals surface area (Å²) in [5.74, 6) is -0.282. The monoisotopic (exact) mass is 255 g/mol. The largest absolute Gasteiger partial charge is 0.376 e. The normalized spacial score (nSPS) is 12.2. The van der Waals surface area contributed by atoms with Crippen molar-refractivity contribution in [2.24, 2.45) is 11.5 Å². The van der Waals surface area contributed by atoms with Gasteiger partial charge in [-0.15, -0.1) is 0 Å². The molecule has 0 aliphatic rings. The van der Waals surface area contributed by atoms with Gasteiger partial charge in [0.05, 0.1) is 6.04 Å². The van der Waals surface area contributed by atoms with Crippen molar-refractivity contribution in [3.63, 3.8) is 0 Å². The molecule has 0 aliphatic heterocycles.